The summed E-state index contributed by atoms with van der Waals surface area (Å²) >= 11 is 0. The Hall–Kier alpha value is -3.43. The van der Waals surface area contributed by atoms with E-state index in [1.807, 2.05) is 36.4 Å². The van der Waals surface area contributed by atoms with Crippen molar-refractivity contribution < 1.29 is 19.3 Å². The van der Waals surface area contributed by atoms with Crippen LogP contribution < -0.4 is 15.1 Å². The summed E-state index contributed by atoms with van der Waals surface area (Å²) in [6.45, 7) is 0. The molecule has 3 aromatic carbocycles. The van der Waals surface area contributed by atoms with Crippen LogP contribution in [-0.4, -0.2) is 14.8 Å². The van der Waals surface area contributed by atoms with Crippen molar-refractivity contribution in [2.75, 3.05) is 0 Å². The molecule has 1 aliphatic heterocycles. The maximum atomic E-state index is 14.1. The molecule has 2 N–H and O–H groups in total. The molecule has 0 amide bonds. The second-order valence-corrected chi connectivity index (χ2v) is 8.79. The van der Waals surface area contributed by atoms with E-state index >= 15 is 0 Å². The lowest BCUT2D eigenvalue weighted by molar-refractivity contribution is 0.403. The summed E-state index contributed by atoms with van der Waals surface area (Å²) in [7, 11) is -3.68. The average Bonchev–Trinajstić information content (AvgIpc) is 3.03. The average molecular weight is 389 g/mol. The van der Waals surface area contributed by atoms with Crippen LogP contribution in [0.25, 0.3) is 16.8 Å². The van der Waals surface area contributed by atoms with E-state index in [4.69, 9.17) is 4.52 Å². The summed E-state index contributed by atoms with van der Waals surface area (Å²) in [6.07, 6.45) is 0. The Morgan fingerprint density at radius 3 is 2.18 bits per heavy atom. The second-order valence-electron chi connectivity index (χ2n) is 6.54. The van der Waals surface area contributed by atoms with Gasteiger partial charge in [0.1, 0.15) is 11.1 Å². The Balaban J connectivity index is 1.76. The van der Waals surface area contributed by atoms with Crippen LogP contribution in [-0.2, 0) is 4.57 Å². The van der Waals surface area contributed by atoms with E-state index in [1.54, 1.807) is 42.5 Å². The van der Waals surface area contributed by atoms with Gasteiger partial charge in [-0.25, -0.2) is 0 Å². The molecule has 138 valence electrons. The fraction of sp³-hybridized carbons (Fsp3) is 0. The first kappa shape index (κ1) is 16.7. The highest BCUT2D eigenvalue weighted by atomic mass is 31.2. The summed E-state index contributed by atoms with van der Waals surface area (Å²) in [4.78, 5) is 0. The van der Waals surface area contributed by atoms with Gasteiger partial charge in [-0.05, 0) is 29.8 Å². The van der Waals surface area contributed by atoms with Crippen molar-refractivity contribution in [1.29, 1.82) is 0 Å². The fourth-order valence-corrected chi connectivity index (χ4v) is 5.95. The smallest absolute Gasteiger partial charge is 0.312 e. The topological polar surface area (TPSA) is 71.7 Å². The van der Waals surface area contributed by atoms with Crippen molar-refractivity contribution in [2.24, 2.45) is 0 Å². The van der Waals surface area contributed by atoms with Gasteiger partial charge in [0.2, 0.25) is 5.88 Å². The maximum Gasteiger partial charge on any atom is 0.312 e. The minimum Gasteiger partial charge on any atom is -0.494 e. The highest BCUT2D eigenvalue weighted by Gasteiger charge is 2.41. The Morgan fingerprint density at radius 1 is 0.750 bits per heavy atom. The Labute approximate surface area is 161 Å². The van der Waals surface area contributed by atoms with Crippen molar-refractivity contribution in [3.05, 3.63) is 84.9 Å². The summed E-state index contributed by atoms with van der Waals surface area (Å²) in [5.41, 5.74) is 2.19. The Morgan fingerprint density at radius 2 is 1.39 bits per heavy atom. The molecule has 0 spiro atoms. The van der Waals surface area contributed by atoms with E-state index in [0.717, 1.165) is 11.1 Å². The molecule has 0 fully saturated rings. The number of hydrogen-bond acceptors (Lipinski definition) is 4. The monoisotopic (exact) mass is 389 g/mol. The molecule has 1 atom stereocenters. The van der Waals surface area contributed by atoms with E-state index in [2.05, 4.69) is 0 Å². The fourth-order valence-electron chi connectivity index (χ4n) is 3.62. The zero-order chi connectivity index (χ0) is 19.3. The summed E-state index contributed by atoms with van der Waals surface area (Å²) in [5.74, 6) is -0.0361. The number of fused-ring (bicyclic) bond motifs is 3. The van der Waals surface area contributed by atoms with Crippen LogP contribution in [0.3, 0.4) is 0 Å². The van der Waals surface area contributed by atoms with Crippen molar-refractivity contribution in [3.63, 3.8) is 0 Å². The number of rotatable bonds is 2. The largest absolute Gasteiger partial charge is 0.494 e. The van der Waals surface area contributed by atoms with Crippen LogP contribution >= 0.6 is 7.37 Å². The lowest BCUT2D eigenvalue weighted by Crippen LogP contribution is -2.24. The van der Waals surface area contributed by atoms with Crippen molar-refractivity contribution >= 4 is 18.0 Å². The quantitative estimate of drug-likeness (QED) is 0.505. The van der Waals surface area contributed by atoms with Crippen LogP contribution in [0.1, 0.15) is 0 Å². The molecule has 1 aromatic heterocycles. The number of aromatic nitrogens is 1. The lowest BCUT2D eigenvalue weighted by atomic mass is 10.0. The van der Waals surface area contributed by atoms with Crippen LogP contribution in [0.15, 0.2) is 84.9 Å². The predicted octanol–water partition coefficient (Wildman–Crippen LogP) is 4.18. The first-order chi connectivity index (χ1) is 13.6. The summed E-state index contributed by atoms with van der Waals surface area (Å²) in [6, 6.07) is 24.9. The van der Waals surface area contributed by atoms with Gasteiger partial charge >= 0.3 is 7.37 Å². The molecular formula is C22H16NO4P. The lowest BCUT2D eigenvalue weighted by Gasteiger charge is -2.28. The number of nitrogens with zero attached hydrogens (tertiary/aromatic N) is 1. The molecule has 0 saturated carbocycles. The minimum atomic E-state index is -3.68. The van der Waals surface area contributed by atoms with Gasteiger partial charge in [-0.3, -0.25) is 9.13 Å². The Bertz CT molecular complexity index is 1250. The van der Waals surface area contributed by atoms with Gasteiger partial charge in [-0.15, -0.1) is 0 Å². The number of para-hydroxylation sites is 2. The maximum absolute atomic E-state index is 14.1. The van der Waals surface area contributed by atoms with E-state index in [0.29, 0.717) is 16.7 Å². The highest BCUT2D eigenvalue weighted by molar-refractivity contribution is 7.75. The van der Waals surface area contributed by atoms with Gasteiger partial charge in [0, 0.05) is 11.6 Å². The molecule has 1 aliphatic rings. The molecule has 4 aromatic rings. The molecule has 0 bridgehead atoms. The van der Waals surface area contributed by atoms with Crippen LogP contribution in [0.4, 0.5) is 0 Å². The van der Waals surface area contributed by atoms with Gasteiger partial charge in [0.25, 0.3) is 0 Å². The molecule has 2 heterocycles. The molecular weight excluding hydrogens is 373 g/mol. The number of benzene rings is 3. The number of aromatic hydroxyl groups is 2. The third-order valence-electron chi connectivity index (χ3n) is 4.89. The molecule has 5 nitrogen and oxygen atoms in total. The third-order valence-corrected chi connectivity index (χ3v) is 7.33. The van der Waals surface area contributed by atoms with Gasteiger partial charge in [0.15, 0.2) is 5.88 Å². The summed E-state index contributed by atoms with van der Waals surface area (Å²) < 4.78 is 21.4. The van der Waals surface area contributed by atoms with Gasteiger partial charge < -0.3 is 14.7 Å². The zero-order valence-corrected chi connectivity index (χ0v) is 15.6. The minimum absolute atomic E-state index is 0.0656. The van der Waals surface area contributed by atoms with E-state index in [1.165, 1.54) is 10.6 Å². The molecule has 0 aliphatic carbocycles. The van der Waals surface area contributed by atoms with Crippen molar-refractivity contribution in [1.82, 2.24) is 4.57 Å². The van der Waals surface area contributed by atoms with Gasteiger partial charge in [-0.1, -0.05) is 54.6 Å². The molecule has 5 rings (SSSR count). The molecule has 0 saturated heterocycles. The Kier molecular flexibility index (Phi) is 3.61. The third kappa shape index (κ3) is 2.30. The predicted molar refractivity (Wildman–Crippen MR) is 108 cm³/mol. The van der Waals surface area contributed by atoms with Gasteiger partial charge in [0.05, 0.1) is 11.0 Å². The molecule has 1 unspecified atom stereocenters. The standard InChI is InChI=1S/C22H16NO4P/c24-21-14-20(22(25)23(21)15-8-2-1-3-9-15)28(26)19-13-7-5-11-17(19)16-10-4-6-12-18(16)27-28/h1-14,24-25H. The normalized spacial score (nSPS) is 17.4. The van der Waals surface area contributed by atoms with E-state index in [-0.39, 0.29) is 17.1 Å². The summed E-state index contributed by atoms with van der Waals surface area (Å²) in [5, 5.41) is 21.9. The molecule has 6 heteroatoms. The van der Waals surface area contributed by atoms with Crippen LogP contribution in [0.5, 0.6) is 17.5 Å². The van der Waals surface area contributed by atoms with Crippen molar-refractivity contribution in [2.45, 2.75) is 0 Å². The molecule has 28 heavy (non-hydrogen) atoms. The van der Waals surface area contributed by atoms with Crippen molar-refractivity contribution in [3.8, 4) is 34.3 Å². The SMILES string of the molecule is O=P1(c2cc(O)n(-c3ccccc3)c2O)Oc2ccccc2-c2ccccc21. The highest BCUT2D eigenvalue weighted by Crippen LogP contribution is 2.56. The van der Waals surface area contributed by atoms with Crippen LogP contribution in [0.2, 0.25) is 0 Å². The zero-order valence-electron chi connectivity index (χ0n) is 14.7. The van der Waals surface area contributed by atoms with Crippen LogP contribution in [0, 0.1) is 0 Å². The first-order valence-corrected chi connectivity index (χ1v) is 10.4. The van der Waals surface area contributed by atoms with E-state index < -0.39 is 7.37 Å². The molecule has 0 radical (unpaired) electrons. The number of hydrogen-bond donors (Lipinski definition) is 2. The van der Waals surface area contributed by atoms with E-state index in [9.17, 15) is 14.8 Å². The second kappa shape index (κ2) is 6.04. The first-order valence-electron chi connectivity index (χ1n) is 8.78. The van der Waals surface area contributed by atoms with Gasteiger partial charge in [-0.2, -0.15) is 0 Å².